The van der Waals surface area contributed by atoms with Crippen molar-refractivity contribution in [2.75, 3.05) is 11.9 Å². The van der Waals surface area contributed by atoms with E-state index in [9.17, 15) is 14.4 Å². The predicted octanol–water partition coefficient (Wildman–Crippen LogP) is 5.17. The van der Waals surface area contributed by atoms with Gasteiger partial charge in [0.2, 0.25) is 0 Å². The summed E-state index contributed by atoms with van der Waals surface area (Å²) in [5.41, 5.74) is 3.70. The Hall–Kier alpha value is -4.13. The van der Waals surface area contributed by atoms with E-state index in [1.807, 2.05) is 31.2 Å². The van der Waals surface area contributed by atoms with Crippen LogP contribution < -0.4 is 20.1 Å². The molecule has 0 aliphatic heterocycles. The van der Waals surface area contributed by atoms with Crippen molar-refractivity contribution >= 4 is 23.5 Å². The number of amides is 2. The van der Waals surface area contributed by atoms with Gasteiger partial charge in [-0.3, -0.25) is 14.4 Å². The molecule has 3 rings (SSSR count). The van der Waals surface area contributed by atoms with Gasteiger partial charge in [0.1, 0.15) is 11.5 Å². The van der Waals surface area contributed by atoms with E-state index in [0.717, 1.165) is 16.7 Å². The molecule has 0 radical (unpaired) electrons. The van der Waals surface area contributed by atoms with Crippen LogP contribution in [0.4, 0.5) is 5.69 Å². The molecule has 0 aliphatic carbocycles. The van der Waals surface area contributed by atoms with Crippen molar-refractivity contribution in [3.8, 4) is 11.5 Å². The van der Waals surface area contributed by atoms with Crippen LogP contribution in [0.2, 0.25) is 0 Å². The summed E-state index contributed by atoms with van der Waals surface area (Å²) in [6.07, 6.45) is 0. The number of carbonyl (C=O) groups is 3. The molecule has 0 saturated heterocycles. The van der Waals surface area contributed by atoms with E-state index in [0.29, 0.717) is 22.7 Å². The number of hydrogen-bond acceptors (Lipinski definition) is 5. The summed E-state index contributed by atoms with van der Waals surface area (Å²) in [4.78, 5) is 36.5. The van der Waals surface area contributed by atoms with Crippen molar-refractivity contribution in [2.45, 2.75) is 46.6 Å². The summed E-state index contributed by atoms with van der Waals surface area (Å²) < 4.78 is 10.9. The van der Waals surface area contributed by atoms with E-state index in [1.54, 1.807) is 30.3 Å². The third-order valence-corrected chi connectivity index (χ3v) is 5.40. The van der Waals surface area contributed by atoms with Crippen molar-refractivity contribution in [3.05, 3.63) is 89.0 Å². The first-order valence-electron chi connectivity index (χ1n) is 11.7. The lowest BCUT2D eigenvalue weighted by Gasteiger charge is -2.23. The number of nitrogens with one attached hydrogen (secondary N) is 2. The van der Waals surface area contributed by atoms with Gasteiger partial charge >= 0.3 is 5.97 Å². The topological polar surface area (TPSA) is 93.7 Å². The Bertz CT molecular complexity index is 1260. The number of aryl methyl sites for hydroxylation is 1. The van der Waals surface area contributed by atoms with Crippen LogP contribution in [0.1, 0.15) is 54.7 Å². The maximum absolute atomic E-state index is 12.8. The van der Waals surface area contributed by atoms with Crippen molar-refractivity contribution in [2.24, 2.45) is 0 Å². The Morgan fingerprint density at radius 1 is 0.917 bits per heavy atom. The molecule has 2 N–H and O–H groups in total. The molecule has 2 amide bonds. The number of hydrogen-bond donors (Lipinski definition) is 2. The third kappa shape index (κ3) is 7.43. The molecule has 7 nitrogen and oxygen atoms in total. The highest BCUT2D eigenvalue weighted by Gasteiger charge is 2.20. The quantitative estimate of drug-likeness (QED) is 0.337. The fourth-order valence-corrected chi connectivity index (χ4v) is 3.60. The summed E-state index contributed by atoms with van der Waals surface area (Å²) in [6, 6.07) is 19.5. The Balaban J connectivity index is 1.62. The molecule has 0 heterocycles. The van der Waals surface area contributed by atoms with E-state index < -0.39 is 5.97 Å². The van der Waals surface area contributed by atoms with Crippen molar-refractivity contribution in [1.82, 2.24) is 5.32 Å². The number of carbonyl (C=O) groups excluding carboxylic acids is 3. The number of anilines is 1. The van der Waals surface area contributed by atoms with Crippen molar-refractivity contribution in [3.63, 3.8) is 0 Å². The van der Waals surface area contributed by atoms with E-state index in [2.05, 4.69) is 37.5 Å². The standard InChI is InChI=1S/C29H32N2O5/c1-19-13-14-26(24(15-19)29(3,4)5)35-18-27(33)30-17-22-9-6-7-12-25(22)31-28(34)21-10-8-11-23(16-21)36-20(2)32/h6-16H,17-18H2,1-5H3,(H,30,33)(H,31,34). The first-order valence-corrected chi connectivity index (χ1v) is 11.7. The van der Waals surface area contributed by atoms with Gasteiger partial charge in [0, 0.05) is 24.7 Å². The molecule has 3 aromatic carbocycles. The van der Waals surface area contributed by atoms with Crippen LogP contribution in [0.15, 0.2) is 66.7 Å². The number of ether oxygens (including phenoxy) is 2. The number of rotatable bonds is 8. The van der Waals surface area contributed by atoms with E-state index >= 15 is 0 Å². The molecule has 0 spiro atoms. The molecule has 0 aromatic heterocycles. The molecule has 0 fully saturated rings. The molecule has 0 unspecified atom stereocenters. The zero-order valence-electron chi connectivity index (χ0n) is 21.3. The van der Waals surface area contributed by atoms with Crippen LogP contribution >= 0.6 is 0 Å². The largest absolute Gasteiger partial charge is 0.483 e. The molecule has 0 bridgehead atoms. The average molecular weight is 489 g/mol. The van der Waals surface area contributed by atoms with Crippen LogP contribution in [-0.2, 0) is 21.5 Å². The normalized spacial score (nSPS) is 10.9. The molecular formula is C29H32N2O5. The zero-order chi connectivity index (χ0) is 26.3. The zero-order valence-corrected chi connectivity index (χ0v) is 21.3. The smallest absolute Gasteiger partial charge is 0.308 e. The molecule has 0 atom stereocenters. The Labute approximate surface area is 211 Å². The van der Waals surface area contributed by atoms with Gasteiger partial charge in [-0.05, 0) is 53.8 Å². The predicted molar refractivity (Wildman–Crippen MR) is 139 cm³/mol. The number of para-hydroxylation sites is 1. The van der Waals surface area contributed by atoms with E-state index in [1.165, 1.54) is 13.0 Å². The minimum absolute atomic E-state index is 0.118. The lowest BCUT2D eigenvalue weighted by atomic mass is 9.85. The number of esters is 1. The molecular weight excluding hydrogens is 456 g/mol. The van der Waals surface area contributed by atoms with Gasteiger partial charge in [0.05, 0.1) is 0 Å². The lowest BCUT2D eigenvalue weighted by Crippen LogP contribution is -2.29. The van der Waals surface area contributed by atoms with Crippen molar-refractivity contribution in [1.29, 1.82) is 0 Å². The van der Waals surface area contributed by atoms with Gasteiger partial charge in [-0.2, -0.15) is 0 Å². The Morgan fingerprint density at radius 2 is 1.67 bits per heavy atom. The SMILES string of the molecule is CC(=O)Oc1cccc(C(=O)Nc2ccccc2CNC(=O)COc2ccc(C)cc2C(C)(C)C)c1. The lowest BCUT2D eigenvalue weighted by molar-refractivity contribution is -0.131. The van der Waals surface area contributed by atoms with Crippen LogP contribution in [0.5, 0.6) is 11.5 Å². The second kappa shape index (κ2) is 11.5. The van der Waals surface area contributed by atoms with E-state index in [-0.39, 0.29) is 30.4 Å². The first kappa shape index (κ1) is 26.5. The molecule has 188 valence electrons. The van der Waals surface area contributed by atoms with Gasteiger partial charge in [-0.25, -0.2) is 0 Å². The van der Waals surface area contributed by atoms with Crippen LogP contribution in [0.25, 0.3) is 0 Å². The third-order valence-electron chi connectivity index (χ3n) is 5.40. The van der Waals surface area contributed by atoms with Gasteiger partial charge in [0.25, 0.3) is 11.8 Å². The van der Waals surface area contributed by atoms with Gasteiger partial charge in [0.15, 0.2) is 6.61 Å². The maximum atomic E-state index is 12.8. The van der Waals surface area contributed by atoms with Gasteiger partial charge < -0.3 is 20.1 Å². The van der Waals surface area contributed by atoms with Gasteiger partial charge in [-0.1, -0.05) is 62.7 Å². The minimum atomic E-state index is -0.463. The second-order valence-corrected chi connectivity index (χ2v) is 9.55. The fraction of sp³-hybridized carbons (Fsp3) is 0.276. The van der Waals surface area contributed by atoms with Crippen LogP contribution in [-0.4, -0.2) is 24.4 Å². The second-order valence-electron chi connectivity index (χ2n) is 9.55. The fourth-order valence-electron chi connectivity index (χ4n) is 3.60. The maximum Gasteiger partial charge on any atom is 0.308 e. The minimum Gasteiger partial charge on any atom is -0.483 e. The summed E-state index contributed by atoms with van der Waals surface area (Å²) >= 11 is 0. The van der Waals surface area contributed by atoms with Crippen LogP contribution in [0.3, 0.4) is 0 Å². The molecule has 3 aromatic rings. The van der Waals surface area contributed by atoms with Gasteiger partial charge in [-0.15, -0.1) is 0 Å². The highest BCUT2D eigenvalue weighted by atomic mass is 16.5. The summed E-state index contributed by atoms with van der Waals surface area (Å²) in [5, 5.41) is 5.71. The average Bonchev–Trinajstić information content (AvgIpc) is 2.82. The first-order chi connectivity index (χ1) is 17.0. The molecule has 36 heavy (non-hydrogen) atoms. The van der Waals surface area contributed by atoms with Crippen molar-refractivity contribution < 1.29 is 23.9 Å². The summed E-state index contributed by atoms with van der Waals surface area (Å²) in [5.74, 6) is -0.119. The summed E-state index contributed by atoms with van der Waals surface area (Å²) in [6.45, 7) is 9.73. The van der Waals surface area contributed by atoms with E-state index in [4.69, 9.17) is 9.47 Å². The highest BCUT2D eigenvalue weighted by Crippen LogP contribution is 2.32. The Morgan fingerprint density at radius 3 is 2.39 bits per heavy atom. The highest BCUT2D eigenvalue weighted by molar-refractivity contribution is 6.05. The molecule has 7 heteroatoms. The Kier molecular flexibility index (Phi) is 8.48. The monoisotopic (exact) mass is 488 g/mol. The number of benzene rings is 3. The van der Waals surface area contributed by atoms with Crippen LogP contribution in [0, 0.1) is 6.92 Å². The molecule has 0 saturated carbocycles. The summed E-state index contributed by atoms with van der Waals surface area (Å²) in [7, 11) is 0. The molecule has 0 aliphatic rings.